The van der Waals surface area contributed by atoms with Crippen LogP contribution in [0, 0.1) is 17.2 Å². The van der Waals surface area contributed by atoms with Gasteiger partial charge >= 0.3 is 0 Å². The van der Waals surface area contributed by atoms with Gasteiger partial charge in [-0.05, 0) is 54.7 Å². The quantitative estimate of drug-likeness (QED) is 0.740. The number of hydrogen-bond acceptors (Lipinski definition) is 3. The lowest BCUT2D eigenvalue weighted by Crippen LogP contribution is -2.41. The van der Waals surface area contributed by atoms with Gasteiger partial charge in [-0.2, -0.15) is 5.26 Å². The van der Waals surface area contributed by atoms with Crippen LogP contribution in [0.1, 0.15) is 40.7 Å². The van der Waals surface area contributed by atoms with Crippen molar-refractivity contribution in [2.75, 3.05) is 7.11 Å². The Morgan fingerprint density at radius 2 is 2.19 bits per heavy atom. The SMILES string of the molecule is COc1cccc(CN2C(=O)c3cc(Br)ccc3C23CCC(C#N)C3)c1. The molecule has 0 N–H and O–H groups in total. The van der Waals surface area contributed by atoms with Gasteiger partial charge in [-0.1, -0.05) is 34.1 Å². The summed E-state index contributed by atoms with van der Waals surface area (Å²) in [4.78, 5) is 15.2. The van der Waals surface area contributed by atoms with Gasteiger partial charge in [-0.15, -0.1) is 0 Å². The Labute approximate surface area is 161 Å². The number of benzene rings is 2. The van der Waals surface area contributed by atoms with Crippen LogP contribution < -0.4 is 4.74 Å². The number of fused-ring (bicyclic) bond motifs is 2. The summed E-state index contributed by atoms with van der Waals surface area (Å²) in [7, 11) is 1.64. The first-order valence-corrected chi connectivity index (χ1v) is 9.51. The minimum atomic E-state index is -0.378. The van der Waals surface area contributed by atoms with Crippen molar-refractivity contribution in [2.24, 2.45) is 5.92 Å². The number of hydrogen-bond donors (Lipinski definition) is 0. The van der Waals surface area contributed by atoms with Crippen molar-refractivity contribution in [3.63, 3.8) is 0 Å². The van der Waals surface area contributed by atoms with E-state index in [1.807, 2.05) is 47.4 Å². The topological polar surface area (TPSA) is 53.3 Å². The largest absolute Gasteiger partial charge is 0.497 e. The van der Waals surface area contributed by atoms with E-state index in [1.165, 1.54) is 0 Å². The third-order valence-electron chi connectivity index (χ3n) is 5.62. The van der Waals surface area contributed by atoms with E-state index in [-0.39, 0.29) is 17.4 Å². The summed E-state index contributed by atoms with van der Waals surface area (Å²) in [5.41, 5.74) is 2.47. The maximum atomic E-state index is 13.3. The highest BCUT2D eigenvalue weighted by Crippen LogP contribution is 2.52. The molecule has 2 unspecified atom stereocenters. The molecule has 1 heterocycles. The van der Waals surface area contributed by atoms with Gasteiger partial charge in [0.05, 0.1) is 18.7 Å². The van der Waals surface area contributed by atoms with E-state index in [4.69, 9.17) is 4.74 Å². The summed E-state index contributed by atoms with van der Waals surface area (Å²) in [5.74, 6) is 0.817. The molecule has 26 heavy (non-hydrogen) atoms. The maximum Gasteiger partial charge on any atom is 0.255 e. The molecule has 1 amide bonds. The van der Waals surface area contributed by atoms with Crippen molar-refractivity contribution in [3.05, 3.63) is 63.6 Å². The van der Waals surface area contributed by atoms with E-state index >= 15 is 0 Å². The molecule has 132 valence electrons. The fraction of sp³-hybridized carbons (Fsp3) is 0.333. The van der Waals surface area contributed by atoms with E-state index in [9.17, 15) is 10.1 Å². The fourth-order valence-corrected chi connectivity index (χ4v) is 4.75. The van der Waals surface area contributed by atoms with Gasteiger partial charge in [-0.3, -0.25) is 4.79 Å². The zero-order valence-electron chi connectivity index (χ0n) is 14.5. The molecule has 0 radical (unpaired) electrons. The molecule has 1 aliphatic heterocycles. The summed E-state index contributed by atoms with van der Waals surface area (Å²) in [6.07, 6.45) is 2.36. The van der Waals surface area contributed by atoms with Crippen molar-refractivity contribution in [1.82, 2.24) is 4.90 Å². The molecule has 5 heteroatoms. The average molecular weight is 411 g/mol. The van der Waals surface area contributed by atoms with Gasteiger partial charge in [0.1, 0.15) is 5.75 Å². The zero-order chi connectivity index (χ0) is 18.3. The van der Waals surface area contributed by atoms with Crippen molar-refractivity contribution < 1.29 is 9.53 Å². The molecule has 1 saturated carbocycles. The van der Waals surface area contributed by atoms with Crippen LogP contribution in [0.2, 0.25) is 0 Å². The molecular formula is C21H19BrN2O2. The lowest BCUT2D eigenvalue weighted by atomic mass is 9.87. The third-order valence-corrected chi connectivity index (χ3v) is 6.12. The van der Waals surface area contributed by atoms with Crippen LogP contribution in [0.3, 0.4) is 0 Å². The second kappa shape index (κ2) is 6.44. The Morgan fingerprint density at radius 1 is 1.35 bits per heavy atom. The Morgan fingerprint density at radius 3 is 2.92 bits per heavy atom. The number of ether oxygens (including phenoxy) is 1. The van der Waals surface area contributed by atoms with Crippen molar-refractivity contribution in [1.29, 1.82) is 5.26 Å². The Hall–Kier alpha value is -2.32. The Bertz CT molecular complexity index is 920. The molecule has 1 aliphatic carbocycles. The number of rotatable bonds is 3. The average Bonchev–Trinajstić information content (AvgIpc) is 3.18. The van der Waals surface area contributed by atoms with Crippen LogP contribution in [0.25, 0.3) is 0 Å². The van der Waals surface area contributed by atoms with Crippen molar-refractivity contribution >= 4 is 21.8 Å². The van der Waals surface area contributed by atoms with Crippen molar-refractivity contribution in [2.45, 2.75) is 31.3 Å². The predicted molar refractivity (Wildman–Crippen MR) is 102 cm³/mol. The van der Waals surface area contributed by atoms with Gasteiger partial charge in [0.2, 0.25) is 0 Å². The first kappa shape index (κ1) is 17.1. The summed E-state index contributed by atoms with van der Waals surface area (Å²) < 4.78 is 6.22. The number of methoxy groups -OCH3 is 1. The van der Waals surface area contributed by atoms with Gasteiger partial charge < -0.3 is 9.64 Å². The number of amides is 1. The summed E-state index contributed by atoms with van der Waals surface area (Å²) in [6.45, 7) is 0.514. The monoisotopic (exact) mass is 410 g/mol. The van der Waals surface area contributed by atoms with Crippen LogP contribution in [0.15, 0.2) is 46.9 Å². The molecule has 4 rings (SSSR count). The fourth-order valence-electron chi connectivity index (χ4n) is 4.39. The summed E-state index contributed by atoms with van der Waals surface area (Å²) in [6, 6.07) is 16.2. The maximum absolute atomic E-state index is 13.3. The minimum Gasteiger partial charge on any atom is -0.497 e. The van der Waals surface area contributed by atoms with E-state index in [0.29, 0.717) is 13.0 Å². The third kappa shape index (κ3) is 2.60. The predicted octanol–water partition coefficient (Wildman–Crippen LogP) is 4.63. The molecule has 2 aliphatic rings. The molecule has 1 spiro atoms. The van der Waals surface area contributed by atoms with E-state index in [0.717, 1.165) is 39.8 Å². The van der Waals surface area contributed by atoms with Crippen molar-refractivity contribution in [3.8, 4) is 11.8 Å². The number of nitrogens with zero attached hydrogens (tertiary/aromatic N) is 2. The van der Waals surface area contributed by atoms with Crippen LogP contribution >= 0.6 is 15.9 Å². The molecule has 0 saturated heterocycles. The van der Waals surface area contributed by atoms with Crippen LogP contribution in [-0.2, 0) is 12.1 Å². The molecule has 2 aromatic rings. The highest BCUT2D eigenvalue weighted by atomic mass is 79.9. The highest BCUT2D eigenvalue weighted by Gasteiger charge is 2.53. The summed E-state index contributed by atoms with van der Waals surface area (Å²) >= 11 is 3.48. The van der Waals surface area contributed by atoms with Gasteiger partial charge in [0.25, 0.3) is 5.91 Å². The van der Waals surface area contributed by atoms with E-state index in [2.05, 4.69) is 22.0 Å². The minimum absolute atomic E-state index is 0.00907. The van der Waals surface area contributed by atoms with E-state index < -0.39 is 0 Å². The van der Waals surface area contributed by atoms with Crippen LogP contribution in [-0.4, -0.2) is 17.9 Å². The molecule has 2 aromatic carbocycles. The molecule has 4 nitrogen and oxygen atoms in total. The zero-order valence-corrected chi connectivity index (χ0v) is 16.1. The van der Waals surface area contributed by atoms with E-state index in [1.54, 1.807) is 7.11 Å². The number of carbonyl (C=O) groups is 1. The molecule has 2 atom stereocenters. The number of halogens is 1. The Kier molecular flexibility index (Phi) is 4.24. The second-order valence-corrected chi connectivity index (χ2v) is 7.95. The molecule has 0 bridgehead atoms. The number of nitriles is 1. The molecule has 0 aromatic heterocycles. The normalized spacial score (nSPS) is 24.0. The van der Waals surface area contributed by atoms with Gasteiger partial charge in [0.15, 0.2) is 0 Å². The van der Waals surface area contributed by atoms with Gasteiger partial charge in [0, 0.05) is 22.5 Å². The first-order chi connectivity index (χ1) is 12.6. The highest BCUT2D eigenvalue weighted by molar-refractivity contribution is 9.10. The molecular weight excluding hydrogens is 392 g/mol. The first-order valence-electron chi connectivity index (χ1n) is 8.72. The van der Waals surface area contributed by atoms with Gasteiger partial charge in [-0.25, -0.2) is 0 Å². The standard InChI is InChI=1S/C21H19BrN2O2/c1-26-17-4-2-3-14(9-17)13-24-20(25)18-10-16(22)5-6-19(18)21(24)8-7-15(11-21)12-23/h2-6,9-10,15H,7-8,11,13H2,1H3. The van der Waals surface area contributed by atoms with Crippen LogP contribution in [0.5, 0.6) is 5.75 Å². The summed E-state index contributed by atoms with van der Waals surface area (Å²) in [5, 5.41) is 9.43. The smallest absolute Gasteiger partial charge is 0.255 e. The lowest BCUT2D eigenvalue weighted by Gasteiger charge is -2.36. The second-order valence-electron chi connectivity index (χ2n) is 7.03. The Balaban J connectivity index is 1.77. The number of carbonyl (C=O) groups excluding carboxylic acids is 1. The lowest BCUT2D eigenvalue weighted by molar-refractivity contribution is 0.0523. The van der Waals surface area contributed by atoms with Crippen LogP contribution in [0.4, 0.5) is 0 Å². The molecule has 1 fully saturated rings.